The van der Waals surface area contributed by atoms with Crippen LogP contribution in [0, 0.1) is 17.0 Å². The fourth-order valence-electron chi connectivity index (χ4n) is 3.01. The third-order valence-corrected chi connectivity index (χ3v) is 6.42. The summed E-state index contributed by atoms with van der Waals surface area (Å²) in [5, 5.41) is 29.5. The second kappa shape index (κ2) is 10.6. The van der Waals surface area contributed by atoms with Crippen molar-refractivity contribution in [2.24, 2.45) is 0 Å². The van der Waals surface area contributed by atoms with E-state index in [0.717, 1.165) is 30.3 Å². The van der Waals surface area contributed by atoms with Gasteiger partial charge in [-0.3, -0.25) is 14.8 Å². The van der Waals surface area contributed by atoms with Crippen molar-refractivity contribution < 1.29 is 47.5 Å². The number of hydrogen-bond acceptors (Lipinski definition) is 10. The van der Waals surface area contributed by atoms with Crippen LogP contribution in [0.4, 0.5) is 11.4 Å². The maximum Gasteiger partial charge on any atom is 0.355 e. The molecule has 0 atom stereocenters. The van der Waals surface area contributed by atoms with Crippen molar-refractivity contribution in [1.29, 1.82) is 0 Å². The van der Waals surface area contributed by atoms with Gasteiger partial charge in [0.05, 0.1) is 32.2 Å². The molecule has 1 heterocycles. The van der Waals surface area contributed by atoms with E-state index in [9.17, 15) is 47.9 Å². The molecular weight excluding hydrogens is 550 g/mol. The van der Waals surface area contributed by atoms with Crippen LogP contribution >= 0.6 is 11.6 Å². The first-order chi connectivity index (χ1) is 17.7. The predicted octanol–water partition coefficient (Wildman–Crippen LogP) is 3.15. The van der Waals surface area contributed by atoms with Gasteiger partial charge in [-0.15, -0.1) is 0 Å². The number of nitrogens with one attached hydrogen (secondary N) is 1. The van der Waals surface area contributed by atoms with Crippen molar-refractivity contribution in [2.75, 3.05) is 4.72 Å². The highest BCUT2D eigenvalue weighted by Crippen LogP contribution is 2.29. The standard InChI is InChI=1S/C22H14ClN3O11S/c1-10-2-4-15(18(24-10)20(29)30)22(32)37-21(31)12-6-11(19(27)28)7-14(8-12)38(35,36)25-13-3-5-16(23)17(9-13)26(33)34/h2-9,25H,1H3,(H,27,28)(H,29,30). The molecule has 16 heteroatoms. The summed E-state index contributed by atoms with van der Waals surface area (Å²) in [7, 11) is -4.64. The highest BCUT2D eigenvalue weighted by Gasteiger charge is 2.26. The van der Waals surface area contributed by atoms with Crippen molar-refractivity contribution in [3.05, 3.63) is 91.7 Å². The topological polar surface area (TPSA) is 220 Å². The average molecular weight is 564 g/mol. The third-order valence-electron chi connectivity index (χ3n) is 4.74. The molecule has 0 amide bonds. The van der Waals surface area contributed by atoms with Gasteiger partial charge in [0.25, 0.3) is 15.7 Å². The summed E-state index contributed by atoms with van der Waals surface area (Å²) in [6.07, 6.45) is 0. The number of hydrogen-bond donors (Lipinski definition) is 3. The number of carbonyl (C=O) groups excluding carboxylic acids is 2. The molecule has 0 saturated heterocycles. The first-order valence-corrected chi connectivity index (χ1v) is 11.9. The van der Waals surface area contributed by atoms with Crippen LogP contribution < -0.4 is 4.72 Å². The van der Waals surface area contributed by atoms with Gasteiger partial charge in [-0.05, 0) is 49.4 Å². The van der Waals surface area contributed by atoms with E-state index in [1.807, 2.05) is 4.72 Å². The lowest BCUT2D eigenvalue weighted by atomic mass is 10.1. The van der Waals surface area contributed by atoms with E-state index < -0.39 is 71.8 Å². The number of aryl methyl sites for hydroxylation is 1. The van der Waals surface area contributed by atoms with Gasteiger partial charge in [0.1, 0.15) is 5.02 Å². The first-order valence-electron chi connectivity index (χ1n) is 10.0. The van der Waals surface area contributed by atoms with Crippen LogP contribution in [0.25, 0.3) is 0 Å². The lowest BCUT2D eigenvalue weighted by Crippen LogP contribution is -2.19. The number of rotatable bonds is 8. The Morgan fingerprint density at radius 2 is 1.63 bits per heavy atom. The number of carbonyl (C=O) groups is 4. The Kier molecular flexibility index (Phi) is 7.74. The zero-order chi connectivity index (χ0) is 28.4. The molecule has 0 saturated carbocycles. The smallest absolute Gasteiger partial charge is 0.355 e. The lowest BCUT2D eigenvalue weighted by Gasteiger charge is -2.11. The van der Waals surface area contributed by atoms with Crippen LogP contribution in [0.5, 0.6) is 0 Å². The van der Waals surface area contributed by atoms with E-state index in [4.69, 9.17) is 11.6 Å². The number of nitro benzene ring substituents is 1. The van der Waals surface area contributed by atoms with E-state index in [-0.39, 0.29) is 16.4 Å². The Labute approximate surface area is 217 Å². The van der Waals surface area contributed by atoms with Crippen LogP contribution in [0.2, 0.25) is 5.02 Å². The van der Waals surface area contributed by atoms with Gasteiger partial charge < -0.3 is 14.9 Å². The summed E-state index contributed by atoms with van der Waals surface area (Å²) < 4.78 is 32.5. The van der Waals surface area contributed by atoms with Crippen molar-refractivity contribution in [2.45, 2.75) is 11.8 Å². The van der Waals surface area contributed by atoms with Gasteiger partial charge in [-0.25, -0.2) is 32.6 Å². The number of aromatic nitrogens is 1. The Bertz CT molecular complexity index is 1640. The second-order valence-corrected chi connectivity index (χ2v) is 9.50. The molecule has 196 valence electrons. The summed E-state index contributed by atoms with van der Waals surface area (Å²) in [6.45, 7) is 1.46. The fraction of sp³-hybridized carbons (Fsp3) is 0.0455. The number of pyridine rings is 1. The molecule has 0 unspecified atom stereocenters. The molecule has 0 aliphatic heterocycles. The SMILES string of the molecule is Cc1ccc(C(=O)OC(=O)c2cc(C(=O)O)cc(S(=O)(=O)Nc3ccc(Cl)c([N+](=O)[O-])c3)c2)c(C(=O)O)n1. The summed E-state index contributed by atoms with van der Waals surface area (Å²) in [6, 6.07) is 7.46. The summed E-state index contributed by atoms with van der Waals surface area (Å²) in [4.78, 5) is 61.2. The first kappa shape index (κ1) is 27.7. The summed E-state index contributed by atoms with van der Waals surface area (Å²) in [5.74, 6) is -6.14. The average Bonchev–Trinajstić information content (AvgIpc) is 2.84. The van der Waals surface area contributed by atoms with Crippen molar-refractivity contribution in [3.63, 3.8) is 0 Å². The molecule has 0 fully saturated rings. The van der Waals surface area contributed by atoms with Crippen molar-refractivity contribution in [3.8, 4) is 0 Å². The molecule has 38 heavy (non-hydrogen) atoms. The molecule has 0 bridgehead atoms. The Morgan fingerprint density at radius 3 is 2.24 bits per heavy atom. The molecule has 0 aliphatic carbocycles. The monoisotopic (exact) mass is 563 g/mol. The van der Waals surface area contributed by atoms with E-state index >= 15 is 0 Å². The second-order valence-electron chi connectivity index (χ2n) is 7.41. The Morgan fingerprint density at radius 1 is 0.974 bits per heavy atom. The van der Waals surface area contributed by atoms with Crippen LogP contribution in [-0.4, -0.2) is 52.4 Å². The molecule has 3 rings (SSSR count). The number of halogens is 1. The number of nitro groups is 1. The number of esters is 2. The van der Waals surface area contributed by atoms with Gasteiger partial charge >= 0.3 is 23.9 Å². The minimum atomic E-state index is -4.64. The molecular formula is C22H14ClN3O11S. The normalized spacial score (nSPS) is 10.9. The molecule has 14 nitrogen and oxygen atoms in total. The molecule has 0 aliphatic rings. The molecule has 0 radical (unpaired) electrons. The maximum absolute atomic E-state index is 12.9. The molecule has 3 aromatic rings. The van der Waals surface area contributed by atoms with Gasteiger partial charge in [0, 0.05) is 11.8 Å². The number of anilines is 1. The number of benzene rings is 2. The fourth-order valence-corrected chi connectivity index (χ4v) is 4.31. The highest BCUT2D eigenvalue weighted by atomic mass is 35.5. The minimum Gasteiger partial charge on any atom is -0.478 e. The van der Waals surface area contributed by atoms with Crippen LogP contribution in [0.15, 0.2) is 53.4 Å². The number of carboxylic acids is 2. The quantitative estimate of drug-likeness (QED) is 0.156. The van der Waals surface area contributed by atoms with Gasteiger partial charge in [0.2, 0.25) is 0 Å². The Hall–Kier alpha value is -4.89. The highest BCUT2D eigenvalue weighted by molar-refractivity contribution is 7.92. The number of nitrogens with zero attached hydrogens (tertiary/aromatic N) is 2. The number of aromatic carboxylic acids is 2. The van der Waals surface area contributed by atoms with Crippen LogP contribution in [0.1, 0.15) is 47.3 Å². The third kappa shape index (κ3) is 6.08. The van der Waals surface area contributed by atoms with Crippen molar-refractivity contribution >= 4 is 56.9 Å². The molecule has 2 aromatic carbocycles. The van der Waals surface area contributed by atoms with E-state index in [1.54, 1.807) is 0 Å². The van der Waals surface area contributed by atoms with E-state index in [1.165, 1.54) is 13.0 Å². The number of sulfonamides is 1. The molecule has 1 aromatic heterocycles. The summed E-state index contributed by atoms with van der Waals surface area (Å²) in [5.41, 5.74) is -3.30. The van der Waals surface area contributed by atoms with Crippen LogP contribution in [-0.2, 0) is 14.8 Å². The van der Waals surface area contributed by atoms with Gasteiger partial charge in [-0.2, -0.15) is 0 Å². The Balaban J connectivity index is 1.98. The number of carboxylic acid groups (broad SMARTS) is 2. The van der Waals surface area contributed by atoms with Crippen molar-refractivity contribution in [1.82, 2.24) is 4.98 Å². The minimum absolute atomic E-state index is 0.257. The lowest BCUT2D eigenvalue weighted by molar-refractivity contribution is -0.384. The number of ether oxygens (including phenoxy) is 1. The molecule has 3 N–H and O–H groups in total. The zero-order valence-corrected chi connectivity index (χ0v) is 20.4. The summed E-state index contributed by atoms with van der Waals surface area (Å²) >= 11 is 5.71. The predicted molar refractivity (Wildman–Crippen MR) is 128 cm³/mol. The van der Waals surface area contributed by atoms with E-state index in [2.05, 4.69) is 9.72 Å². The zero-order valence-electron chi connectivity index (χ0n) is 18.9. The van der Waals surface area contributed by atoms with Crippen LogP contribution in [0.3, 0.4) is 0 Å². The largest absolute Gasteiger partial charge is 0.478 e. The molecule has 0 spiro atoms. The van der Waals surface area contributed by atoms with E-state index in [0.29, 0.717) is 12.1 Å². The van der Waals surface area contributed by atoms with Gasteiger partial charge in [-0.1, -0.05) is 11.6 Å². The van der Waals surface area contributed by atoms with Gasteiger partial charge in [0.15, 0.2) is 5.69 Å². The maximum atomic E-state index is 12.9.